The zero-order valence-electron chi connectivity index (χ0n) is 19.6. The number of anilines is 3. The van der Waals surface area contributed by atoms with Gasteiger partial charge in [0.1, 0.15) is 0 Å². The minimum Gasteiger partial charge on any atom is -0.382 e. The Kier molecular flexibility index (Phi) is 7.12. The smallest absolute Gasteiger partial charge is 0.278 e. The van der Waals surface area contributed by atoms with Crippen molar-refractivity contribution in [1.29, 1.82) is 0 Å². The molecule has 35 heavy (non-hydrogen) atoms. The van der Waals surface area contributed by atoms with Gasteiger partial charge >= 0.3 is 0 Å². The molecule has 2 saturated heterocycles. The van der Waals surface area contributed by atoms with Crippen LogP contribution in [-0.2, 0) is 11.3 Å². The number of piperazine rings is 1. The van der Waals surface area contributed by atoms with Gasteiger partial charge in [-0.15, -0.1) is 0 Å². The van der Waals surface area contributed by atoms with Crippen molar-refractivity contribution in [2.45, 2.75) is 6.54 Å². The molecule has 0 unspecified atom stereocenters. The fourth-order valence-electron chi connectivity index (χ4n) is 4.36. The molecule has 0 bridgehead atoms. The molecule has 1 amide bonds. The first kappa shape index (κ1) is 23.2. The lowest BCUT2D eigenvalue weighted by Gasteiger charge is -2.30. The van der Waals surface area contributed by atoms with Crippen LogP contribution in [0.15, 0.2) is 48.9 Å². The molecule has 4 heterocycles. The Balaban J connectivity index is 1.32. The number of morpholine rings is 1. The van der Waals surface area contributed by atoms with Gasteiger partial charge in [0.05, 0.1) is 42.7 Å². The lowest BCUT2D eigenvalue weighted by Crippen LogP contribution is -2.42. The van der Waals surface area contributed by atoms with Crippen molar-refractivity contribution in [2.24, 2.45) is 0 Å². The lowest BCUT2D eigenvalue weighted by atomic mass is 10.1. The summed E-state index contributed by atoms with van der Waals surface area (Å²) in [6.45, 7) is 7.84. The van der Waals surface area contributed by atoms with E-state index in [2.05, 4.69) is 47.5 Å². The molecule has 4 N–H and O–H groups in total. The van der Waals surface area contributed by atoms with Crippen molar-refractivity contribution in [3.8, 4) is 11.3 Å². The number of hydrogen-bond acceptors (Lipinski definition) is 9. The van der Waals surface area contributed by atoms with Gasteiger partial charge in [-0.3, -0.25) is 14.7 Å². The highest BCUT2D eigenvalue weighted by Gasteiger charge is 2.20. The summed E-state index contributed by atoms with van der Waals surface area (Å²) in [7, 11) is 0. The second-order valence-corrected chi connectivity index (χ2v) is 8.66. The van der Waals surface area contributed by atoms with E-state index in [0.717, 1.165) is 57.1 Å². The quantitative estimate of drug-likeness (QED) is 0.489. The van der Waals surface area contributed by atoms with E-state index in [1.165, 1.54) is 5.56 Å². The van der Waals surface area contributed by atoms with Gasteiger partial charge in [0.25, 0.3) is 5.91 Å². The minimum absolute atomic E-state index is 0.0818. The normalized spacial score (nSPS) is 16.7. The number of amides is 1. The van der Waals surface area contributed by atoms with Gasteiger partial charge < -0.3 is 26.0 Å². The van der Waals surface area contributed by atoms with Crippen LogP contribution in [0.1, 0.15) is 16.1 Å². The maximum atomic E-state index is 13.2. The summed E-state index contributed by atoms with van der Waals surface area (Å²) in [5.41, 5.74) is 10.3. The molecule has 182 valence electrons. The number of nitrogens with one attached hydrogen (secondary N) is 2. The molecule has 0 saturated carbocycles. The number of aromatic nitrogens is 3. The Morgan fingerprint density at radius 2 is 1.83 bits per heavy atom. The molecule has 2 aliphatic rings. The molecule has 0 aliphatic carbocycles. The molecule has 5 rings (SSSR count). The number of nitrogens with zero attached hydrogens (tertiary/aromatic N) is 5. The number of nitrogen functional groups attached to an aromatic ring is 1. The summed E-state index contributed by atoms with van der Waals surface area (Å²) in [6, 6.07) is 10.1. The van der Waals surface area contributed by atoms with Crippen molar-refractivity contribution in [3.63, 3.8) is 0 Å². The number of ether oxygens (including phenoxy) is 1. The molecule has 2 aliphatic heterocycles. The second kappa shape index (κ2) is 10.8. The number of pyridine rings is 1. The van der Waals surface area contributed by atoms with Gasteiger partial charge in [0, 0.05) is 57.6 Å². The molecule has 1 aromatic carbocycles. The summed E-state index contributed by atoms with van der Waals surface area (Å²) in [4.78, 5) is 30.7. The third kappa shape index (κ3) is 5.56. The molecule has 0 atom stereocenters. The van der Waals surface area contributed by atoms with Gasteiger partial charge in [-0.2, -0.15) is 0 Å². The predicted octanol–water partition coefficient (Wildman–Crippen LogP) is 1.61. The average molecular weight is 475 g/mol. The predicted molar refractivity (Wildman–Crippen MR) is 135 cm³/mol. The van der Waals surface area contributed by atoms with Crippen LogP contribution >= 0.6 is 0 Å². The number of benzene rings is 1. The van der Waals surface area contributed by atoms with E-state index >= 15 is 0 Å². The third-order valence-corrected chi connectivity index (χ3v) is 6.28. The first-order valence-corrected chi connectivity index (χ1v) is 11.9. The van der Waals surface area contributed by atoms with E-state index in [0.29, 0.717) is 24.6 Å². The van der Waals surface area contributed by atoms with Crippen LogP contribution in [0.4, 0.5) is 17.2 Å². The zero-order chi connectivity index (χ0) is 24.0. The third-order valence-electron chi connectivity index (χ3n) is 6.28. The molecular weight excluding hydrogens is 444 g/mol. The summed E-state index contributed by atoms with van der Waals surface area (Å²) in [6.07, 6.45) is 4.94. The van der Waals surface area contributed by atoms with Crippen molar-refractivity contribution < 1.29 is 9.53 Å². The Morgan fingerprint density at radius 1 is 1.06 bits per heavy atom. The Hall–Kier alpha value is -3.60. The van der Waals surface area contributed by atoms with E-state index in [1.807, 2.05) is 18.2 Å². The van der Waals surface area contributed by atoms with Gasteiger partial charge in [0.2, 0.25) is 0 Å². The number of nitrogens with two attached hydrogens (primary N) is 1. The molecule has 0 spiro atoms. The molecule has 2 aromatic heterocycles. The Labute approximate surface area is 204 Å². The van der Waals surface area contributed by atoms with Crippen molar-refractivity contribution in [1.82, 2.24) is 25.2 Å². The van der Waals surface area contributed by atoms with Gasteiger partial charge in [-0.1, -0.05) is 24.3 Å². The molecule has 10 heteroatoms. The van der Waals surface area contributed by atoms with E-state index in [9.17, 15) is 4.79 Å². The van der Waals surface area contributed by atoms with Crippen LogP contribution in [0, 0.1) is 0 Å². The highest BCUT2D eigenvalue weighted by atomic mass is 16.5. The highest BCUT2D eigenvalue weighted by molar-refractivity contribution is 6.07. The van der Waals surface area contributed by atoms with Crippen LogP contribution in [-0.4, -0.2) is 78.2 Å². The SMILES string of the molecule is Nc1ncc(-c2ccc(CN3CCNCC3)cc2)nc1C(=O)Nc1cnccc1N1CCOCC1. The van der Waals surface area contributed by atoms with Gasteiger partial charge in [0.15, 0.2) is 11.5 Å². The Morgan fingerprint density at radius 3 is 2.60 bits per heavy atom. The Bertz CT molecular complexity index is 1160. The number of carbonyl (C=O) groups is 1. The van der Waals surface area contributed by atoms with E-state index in [1.54, 1.807) is 18.6 Å². The first-order valence-electron chi connectivity index (χ1n) is 11.9. The van der Waals surface area contributed by atoms with Crippen molar-refractivity contribution >= 4 is 23.1 Å². The van der Waals surface area contributed by atoms with Crippen LogP contribution in [0.3, 0.4) is 0 Å². The largest absolute Gasteiger partial charge is 0.382 e. The standard InChI is InChI=1S/C25H30N8O2/c26-24-23(25(34)31-21-15-28-6-5-22(21)33-11-13-35-14-12-33)30-20(16-29-24)19-3-1-18(2-4-19)17-32-9-7-27-8-10-32/h1-6,15-16,27H,7-14,17H2,(H2,26,29)(H,31,34). The minimum atomic E-state index is -0.422. The molecule has 10 nitrogen and oxygen atoms in total. The molecule has 0 radical (unpaired) electrons. The van der Waals surface area contributed by atoms with Crippen LogP contribution < -0.4 is 21.3 Å². The van der Waals surface area contributed by atoms with E-state index < -0.39 is 5.91 Å². The van der Waals surface area contributed by atoms with Crippen molar-refractivity contribution in [2.75, 3.05) is 68.4 Å². The maximum absolute atomic E-state index is 13.2. The second-order valence-electron chi connectivity index (χ2n) is 8.66. The van der Waals surface area contributed by atoms with Crippen LogP contribution in [0.2, 0.25) is 0 Å². The van der Waals surface area contributed by atoms with Crippen LogP contribution in [0.25, 0.3) is 11.3 Å². The number of rotatable bonds is 6. The maximum Gasteiger partial charge on any atom is 0.278 e. The summed E-state index contributed by atoms with van der Waals surface area (Å²) in [5, 5.41) is 6.30. The summed E-state index contributed by atoms with van der Waals surface area (Å²) < 4.78 is 5.44. The molecule has 2 fully saturated rings. The van der Waals surface area contributed by atoms with Gasteiger partial charge in [-0.05, 0) is 11.6 Å². The lowest BCUT2D eigenvalue weighted by molar-refractivity contribution is 0.102. The fourth-order valence-corrected chi connectivity index (χ4v) is 4.36. The summed E-state index contributed by atoms with van der Waals surface area (Å²) >= 11 is 0. The molecular formula is C25H30N8O2. The zero-order valence-corrected chi connectivity index (χ0v) is 19.6. The average Bonchev–Trinajstić information content (AvgIpc) is 2.91. The molecule has 3 aromatic rings. The van der Waals surface area contributed by atoms with Crippen molar-refractivity contribution in [3.05, 3.63) is 60.2 Å². The van der Waals surface area contributed by atoms with Gasteiger partial charge in [-0.25, -0.2) is 9.97 Å². The topological polar surface area (TPSA) is 122 Å². The highest BCUT2D eigenvalue weighted by Crippen LogP contribution is 2.27. The fraction of sp³-hybridized carbons (Fsp3) is 0.360. The summed E-state index contributed by atoms with van der Waals surface area (Å²) in [5.74, 6) is -0.340. The monoisotopic (exact) mass is 474 g/mol. The number of hydrogen-bond donors (Lipinski definition) is 3. The van der Waals surface area contributed by atoms with E-state index in [-0.39, 0.29) is 11.5 Å². The van der Waals surface area contributed by atoms with Crippen LogP contribution in [0.5, 0.6) is 0 Å². The number of carbonyl (C=O) groups excluding carboxylic acids is 1. The first-order chi connectivity index (χ1) is 17.2. The van der Waals surface area contributed by atoms with E-state index in [4.69, 9.17) is 10.5 Å².